The number of benzene rings is 2. The average molecular weight is 374 g/mol. The number of nitrogen functional groups attached to an aromatic ring is 1. The molecule has 3 rings (SSSR count). The van der Waals surface area contributed by atoms with E-state index in [9.17, 15) is 8.42 Å². The minimum Gasteiger partial charge on any atom is -0.383 e. The normalized spacial score (nSPS) is 11.6. The molecule has 2 N–H and O–H groups in total. The molecule has 0 saturated carbocycles. The molecule has 3 aromatic rings. The summed E-state index contributed by atoms with van der Waals surface area (Å²) < 4.78 is 27.5. The van der Waals surface area contributed by atoms with Crippen LogP contribution in [-0.4, -0.2) is 24.5 Å². The molecular weight excluding hydrogens is 354 g/mol. The molecular formula is C18H19N3O2S2. The fraction of sp³-hybridized carbons (Fsp3) is 0.167. The zero-order chi connectivity index (χ0) is 18.0. The minimum absolute atomic E-state index is 0.0818. The van der Waals surface area contributed by atoms with Crippen molar-refractivity contribution >= 4 is 27.4 Å². The Balaban J connectivity index is 2.06. The lowest BCUT2D eigenvalue weighted by molar-refractivity contribution is 0.594. The van der Waals surface area contributed by atoms with E-state index in [1.54, 1.807) is 41.3 Å². The number of sulfone groups is 1. The van der Waals surface area contributed by atoms with E-state index in [1.807, 2.05) is 31.2 Å². The summed E-state index contributed by atoms with van der Waals surface area (Å²) in [5.74, 6) is 0.161. The number of thioether (sulfide) groups is 1. The van der Waals surface area contributed by atoms with Gasteiger partial charge in [-0.2, -0.15) is 5.10 Å². The van der Waals surface area contributed by atoms with Gasteiger partial charge in [-0.05, 0) is 30.9 Å². The van der Waals surface area contributed by atoms with Crippen LogP contribution in [0.4, 0.5) is 5.82 Å². The summed E-state index contributed by atoms with van der Waals surface area (Å²) in [7, 11) is -3.72. The van der Waals surface area contributed by atoms with Crippen LogP contribution in [0.25, 0.3) is 0 Å². The van der Waals surface area contributed by atoms with E-state index in [0.717, 1.165) is 11.1 Å². The largest absolute Gasteiger partial charge is 0.383 e. The second kappa shape index (κ2) is 6.93. The maximum atomic E-state index is 13.0. The highest BCUT2D eigenvalue weighted by molar-refractivity contribution is 7.99. The first-order valence-electron chi connectivity index (χ1n) is 7.69. The van der Waals surface area contributed by atoms with Gasteiger partial charge in [0.25, 0.3) is 0 Å². The van der Waals surface area contributed by atoms with Gasteiger partial charge in [-0.15, -0.1) is 11.8 Å². The maximum absolute atomic E-state index is 13.0. The Kier molecular flexibility index (Phi) is 4.87. The fourth-order valence-electron chi connectivity index (χ4n) is 2.53. The van der Waals surface area contributed by atoms with Crippen LogP contribution < -0.4 is 5.73 Å². The SMILES string of the molecule is CSc1nn(Cc2ccc(C)cc2)c(N)c1S(=O)(=O)c1ccccc1. The Hall–Kier alpha value is -2.25. The second-order valence-electron chi connectivity index (χ2n) is 5.68. The van der Waals surface area contributed by atoms with Crippen molar-refractivity contribution in [2.24, 2.45) is 0 Å². The van der Waals surface area contributed by atoms with Gasteiger partial charge in [0.15, 0.2) is 0 Å². The molecule has 1 heterocycles. The lowest BCUT2D eigenvalue weighted by atomic mass is 10.1. The van der Waals surface area contributed by atoms with Crippen molar-refractivity contribution in [1.82, 2.24) is 9.78 Å². The van der Waals surface area contributed by atoms with Crippen molar-refractivity contribution in [1.29, 1.82) is 0 Å². The molecule has 0 bridgehead atoms. The highest BCUT2D eigenvalue weighted by Crippen LogP contribution is 2.34. The second-order valence-corrected chi connectivity index (χ2v) is 8.36. The number of anilines is 1. The van der Waals surface area contributed by atoms with E-state index in [-0.39, 0.29) is 15.6 Å². The Labute approximate surface area is 151 Å². The Morgan fingerprint density at radius 3 is 2.32 bits per heavy atom. The first kappa shape index (κ1) is 17.6. The summed E-state index contributed by atoms with van der Waals surface area (Å²) in [4.78, 5) is 0.296. The summed E-state index contributed by atoms with van der Waals surface area (Å²) in [5.41, 5.74) is 8.36. The predicted octanol–water partition coefficient (Wildman–Crippen LogP) is 3.38. The average Bonchev–Trinajstić information content (AvgIpc) is 2.94. The summed E-state index contributed by atoms with van der Waals surface area (Å²) in [6, 6.07) is 16.3. The van der Waals surface area contributed by atoms with Crippen LogP contribution in [0.5, 0.6) is 0 Å². The molecule has 0 fully saturated rings. The number of hydrogen-bond acceptors (Lipinski definition) is 5. The van der Waals surface area contributed by atoms with E-state index >= 15 is 0 Å². The van der Waals surface area contributed by atoms with Crippen LogP contribution >= 0.6 is 11.8 Å². The molecule has 25 heavy (non-hydrogen) atoms. The molecule has 130 valence electrons. The van der Waals surface area contributed by atoms with E-state index < -0.39 is 9.84 Å². The minimum atomic E-state index is -3.72. The Morgan fingerprint density at radius 1 is 1.08 bits per heavy atom. The first-order chi connectivity index (χ1) is 11.9. The first-order valence-corrected chi connectivity index (χ1v) is 10.4. The lowest BCUT2D eigenvalue weighted by Crippen LogP contribution is -2.09. The molecule has 0 amide bonds. The molecule has 0 radical (unpaired) electrons. The smallest absolute Gasteiger partial charge is 0.212 e. The van der Waals surface area contributed by atoms with Gasteiger partial charge in [-0.3, -0.25) is 0 Å². The maximum Gasteiger partial charge on any atom is 0.212 e. The fourth-order valence-corrected chi connectivity index (χ4v) is 4.98. The van der Waals surface area contributed by atoms with Gasteiger partial charge in [0.1, 0.15) is 15.7 Å². The van der Waals surface area contributed by atoms with Crippen LogP contribution in [0.1, 0.15) is 11.1 Å². The van der Waals surface area contributed by atoms with Crippen molar-refractivity contribution in [3.05, 3.63) is 65.7 Å². The van der Waals surface area contributed by atoms with Crippen LogP contribution in [-0.2, 0) is 16.4 Å². The lowest BCUT2D eigenvalue weighted by Gasteiger charge is -2.07. The van der Waals surface area contributed by atoms with E-state index in [2.05, 4.69) is 5.10 Å². The van der Waals surface area contributed by atoms with Crippen molar-refractivity contribution in [2.45, 2.75) is 28.3 Å². The summed E-state index contributed by atoms with van der Waals surface area (Å²) in [6.45, 7) is 2.44. The van der Waals surface area contributed by atoms with Crippen LogP contribution in [0, 0.1) is 6.92 Å². The van der Waals surface area contributed by atoms with Gasteiger partial charge < -0.3 is 5.73 Å². The molecule has 7 heteroatoms. The van der Waals surface area contributed by atoms with Crippen molar-refractivity contribution in [3.63, 3.8) is 0 Å². The molecule has 0 spiro atoms. The van der Waals surface area contributed by atoms with Gasteiger partial charge in [0.05, 0.1) is 11.4 Å². The van der Waals surface area contributed by atoms with Crippen LogP contribution in [0.2, 0.25) is 0 Å². The Morgan fingerprint density at radius 2 is 1.72 bits per heavy atom. The number of rotatable bonds is 5. The molecule has 0 saturated heterocycles. The summed E-state index contributed by atoms with van der Waals surface area (Å²) in [6.07, 6.45) is 1.79. The number of nitrogens with zero attached hydrogens (tertiary/aromatic N) is 2. The third kappa shape index (κ3) is 3.43. The molecule has 2 aromatic carbocycles. The summed E-state index contributed by atoms with van der Waals surface area (Å²) >= 11 is 1.27. The molecule has 0 aliphatic carbocycles. The number of aromatic nitrogens is 2. The van der Waals surface area contributed by atoms with Crippen LogP contribution in [0.3, 0.4) is 0 Å². The number of aryl methyl sites for hydroxylation is 1. The zero-order valence-corrected chi connectivity index (χ0v) is 15.6. The molecule has 0 unspecified atom stereocenters. The molecule has 1 aromatic heterocycles. The quantitative estimate of drug-likeness (QED) is 0.694. The molecule has 0 aliphatic heterocycles. The highest BCUT2D eigenvalue weighted by Gasteiger charge is 2.28. The van der Waals surface area contributed by atoms with Crippen molar-refractivity contribution in [3.8, 4) is 0 Å². The van der Waals surface area contributed by atoms with Gasteiger partial charge in [-0.1, -0.05) is 48.0 Å². The van der Waals surface area contributed by atoms with Gasteiger partial charge in [-0.25, -0.2) is 13.1 Å². The summed E-state index contributed by atoms with van der Waals surface area (Å²) in [5, 5.41) is 4.82. The van der Waals surface area contributed by atoms with Gasteiger partial charge >= 0.3 is 0 Å². The molecule has 5 nitrogen and oxygen atoms in total. The predicted molar refractivity (Wildman–Crippen MR) is 101 cm³/mol. The molecule has 0 atom stereocenters. The van der Waals surface area contributed by atoms with E-state index in [4.69, 9.17) is 5.73 Å². The zero-order valence-electron chi connectivity index (χ0n) is 14.0. The van der Waals surface area contributed by atoms with Crippen molar-refractivity contribution in [2.75, 3.05) is 12.0 Å². The van der Waals surface area contributed by atoms with Gasteiger partial charge in [0, 0.05) is 0 Å². The molecule has 0 aliphatic rings. The number of nitrogens with two attached hydrogens (primary N) is 1. The third-order valence-electron chi connectivity index (χ3n) is 3.89. The van der Waals surface area contributed by atoms with E-state index in [0.29, 0.717) is 11.6 Å². The monoisotopic (exact) mass is 373 g/mol. The topological polar surface area (TPSA) is 78.0 Å². The third-order valence-corrected chi connectivity index (χ3v) is 6.52. The highest BCUT2D eigenvalue weighted by atomic mass is 32.2. The Bertz CT molecular complexity index is 979. The van der Waals surface area contributed by atoms with Gasteiger partial charge in [0.2, 0.25) is 9.84 Å². The van der Waals surface area contributed by atoms with Crippen molar-refractivity contribution < 1.29 is 8.42 Å². The van der Waals surface area contributed by atoms with Crippen LogP contribution in [0.15, 0.2) is 69.4 Å². The van der Waals surface area contributed by atoms with E-state index in [1.165, 1.54) is 11.8 Å². The number of hydrogen-bond donors (Lipinski definition) is 1. The standard InChI is InChI=1S/C18H19N3O2S2/c1-13-8-10-14(11-9-13)12-21-17(19)16(18(20-21)24-2)25(22,23)15-6-4-3-5-7-15/h3-11H,12,19H2,1-2H3.